The first-order valence-corrected chi connectivity index (χ1v) is 5.61. The Kier molecular flexibility index (Phi) is 4.85. The van der Waals surface area contributed by atoms with E-state index in [-0.39, 0.29) is 11.8 Å². The van der Waals surface area contributed by atoms with Crippen molar-refractivity contribution in [3.63, 3.8) is 0 Å². The van der Waals surface area contributed by atoms with Crippen molar-refractivity contribution in [2.24, 2.45) is 0 Å². The van der Waals surface area contributed by atoms with Gasteiger partial charge in [0, 0.05) is 32.5 Å². The van der Waals surface area contributed by atoms with Gasteiger partial charge in [0.1, 0.15) is 6.10 Å². The molecule has 0 aliphatic carbocycles. The number of carbonyl (C=O) groups excluding carboxylic acids is 2. The van der Waals surface area contributed by atoms with Crippen molar-refractivity contribution in [2.45, 2.75) is 13.0 Å². The van der Waals surface area contributed by atoms with E-state index in [0.29, 0.717) is 11.3 Å². The van der Waals surface area contributed by atoms with Crippen molar-refractivity contribution in [3.05, 3.63) is 29.8 Å². The molecule has 5 nitrogen and oxygen atoms in total. The first-order valence-electron chi connectivity index (χ1n) is 5.61. The summed E-state index contributed by atoms with van der Waals surface area (Å²) in [7, 11) is 4.86. The largest absolute Gasteiger partial charge is 0.372 e. The van der Waals surface area contributed by atoms with Gasteiger partial charge in [0.05, 0.1) is 0 Å². The fourth-order valence-electron chi connectivity index (χ4n) is 1.31. The summed E-state index contributed by atoms with van der Waals surface area (Å²) in [4.78, 5) is 24.7. The zero-order valence-corrected chi connectivity index (χ0v) is 11.1. The molecule has 0 aliphatic heterocycles. The van der Waals surface area contributed by atoms with E-state index in [2.05, 4.69) is 5.32 Å². The molecule has 5 heteroatoms. The number of nitrogens with one attached hydrogen (secondary N) is 1. The lowest BCUT2D eigenvalue weighted by atomic mass is 10.2. The van der Waals surface area contributed by atoms with Crippen LogP contribution in [0.5, 0.6) is 0 Å². The summed E-state index contributed by atoms with van der Waals surface area (Å²) in [6, 6.07) is 6.73. The van der Waals surface area contributed by atoms with E-state index in [9.17, 15) is 9.59 Å². The van der Waals surface area contributed by atoms with Crippen molar-refractivity contribution in [3.8, 4) is 0 Å². The molecule has 1 atom stereocenters. The van der Waals surface area contributed by atoms with Crippen LogP contribution < -0.4 is 5.32 Å². The number of ether oxygens (including phenoxy) is 1. The summed E-state index contributed by atoms with van der Waals surface area (Å²) in [6.45, 7) is 1.67. The van der Waals surface area contributed by atoms with E-state index in [1.54, 1.807) is 45.3 Å². The molecule has 0 radical (unpaired) electrons. The number of anilines is 1. The van der Waals surface area contributed by atoms with Crippen LogP contribution in [0.3, 0.4) is 0 Å². The molecular weight excluding hydrogens is 232 g/mol. The van der Waals surface area contributed by atoms with Crippen molar-refractivity contribution in [2.75, 3.05) is 26.5 Å². The Morgan fingerprint density at radius 3 is 2.22 bits per heavy atom. The van der Waals surface area contributed by atoms with Crippen LogP contribution in [-0.4, -0.2) is 44.0 Å². The lowest BCUT2D eigenvalue weighted by molar-refractivity contribution is -0.124. The number of hydrogen-bond donors (Lipinski definition) is 1. The van der Waals surface area contributed by atoms with Gasteiger partial charge >= 0.3 is 0 Å². The molecule has 0 aromatic heterocycles. The second kappa shape index (κ2) is 6.16. The molecule has 1 aromatic carbocycles. The lowest BCUT2D eigenvalue weighted by Gasteiger charge is -2.12. The third-order valence-corrected chi connectivity index (χ3v) is 2.53. The molecule has 2 amide bonds. The molecule has 18 heavy (non-hydrogen) atoms. The topological polar surface area (TPSA) is 58.6 Å². The standard InChI is InChI=1S/C13H18N2O3/c1-9(18-4)12(16)14-11-7-5-10(6-8-11)13(17)15(2)3/h5-9H,1-4H3,(H,14,16). The Morgan fingerprint density at radius 1 is 1.22 bits per heavy atom. The normalized spacial score (nSPS) is 11.8. The maximum atomic E-state index is 11.7. The van der Waals surface area contributed by atoms with Crippen molar-refractivity contribution < 1.29 is 14.3 Å². The molecule has 0 heterocycles. The van der Waals surface area contributed by atoms with Gasteiger partial charge in [-0.3, -0.25) is 9.59 Å². The first-order chi connectivity index (χ1) is 8.45. The summed E-state index contributed by atoms with van der Waals surface area (Å²) in [5.74, 6) is -0.290. The van der Waals surface area contributed by atoms with Gasteiger partial charge in [0.25, 0.3) is 11.8 Å². The molecule has 1 N–H and O–H groups in total. The van der Waals surface area contributed by atoms with Gasteiger partial charge < -0.3 is 15.0 Å². The summed E-state index contributed by atoms with van der Waals surface area (Å²) >= 11 is 0. The second-order valence-electron chi connectivity index (χ2n) is 4.14. The van der Waals surface area contributed by atoms with Crippen LogP contribution >= 0.6 is 0 Å². The van der Waals surface area contributed by atoms with Crippen LogP contribution in [0.25, 0.3) is 0 Å². The zero-order valence-electron chi connectivity index (χ0n) is 11.1. The van der Waals surface area contributed by atoms with E-state index in [0.717, 1.165) is 0 Å². The zero-order chi connectivity index (χ0) is 13.7. The van der Waals surface area contributed by atoms with Gasteiger partial charge in [-0.25, -0.2) is 0 Å². The fourth-order valence-corrected chi connectivity index (χ4v) is 1.31. The Bertz CT molecular complexity index is 426. The van der Waals surface area contributed by atoms with Crippen LogP contribution in [0, 0.1) is 0 Å². The first kappa shape index (κ1) is 14.2. The van der Waals surface area contributed by atoms with E-state index in [1.807, 2.05) is 0 Å². The predicted molar refractivity (Wildman–Crippen MR) is 69.6 cm³/mol. The average molecular weight is 250 g/mol. The fraction of sp³-hybridized carbons (Fsp3) is 0.385. The van der Waals surface area contributed by atoms with Gasteiger partial charge in [-0.2, -0.15) is 0 Å². The lowest BCUT2D eigenvalue weighted by Crippen LogP contribution is -2.26. The second-order valence-corrected chi connectivity index (χ2v) is 4.14. The highest BCUT2D eigenvalue weighted by Gasteiger charge is 2.12. The number of benzene rings is 1. The van der Waals surface area contributed by atoms with Gasteiger partial charge in [0.2, 0.25) is 0 Å². The van der Waals surface area contributed by atoms with Crippen molar-refractivity contribution >= 4 is 17.5 Å². The Morgan fingerprint density at radius 2 is 1.78 bits per heavy atom. The third kappa shape index (κ3) is 3.56. The van der Waals surface area contributed by atoms with E-state index < -0.39 is 6.10 Å². The van der Waals surface area contributed by atoms with Crippen LogP contribution in [0.4, 0.5) is 5.69 Å². The Balaban J connectivity index is 2.72. The molecule has 0 saturated heterocycles. The molecule has 1 unspecified atom stereocenters. The highest BCUT2D eigenvalue weighted by atomic mass is 16.5. The molecule has 0 aliphatic rings. The molecule has 0 spiro atoms. The number of carbonyl (C=O) groups is 2. The molecular formula is C13H18N2O3. The molecule has 98 valence electrons. The smallest absolute Gasteiger partial charge is 0.253 e. The average Bonchev–Trinajstić information content (AvgIpc) is 2.37. The summed E-state index contributed by atoms with van der Waals surface area (Å²) in [5, 5.41) is 2.70. The van der Waals surface area contributed by atoms with E-state index >= 15 is 0 Å². The quantitative estimate of drug-likeness (QED) is 0.877. The van der Waals surface area contributed by atoms with Crippen molar-refractivity contribution in [1.82, 2.24) is 4.90 Å². The number of rotatable bonds is 4. The highest BCUT2D eigenvalue weighted by molar-refractivity contribution is 5.96. The number of nitrogens with zero attached hydrogens (tertiary/aromatic N) is 1. The molecule has 0 fully saturated rings. The summed E-state index contributed by atoms with van der Waals surface area (Å²) in [6.07, 6.45) is -0.506. The number of amides is 2. The van der Waals surface area contributed by atoms with Crippen molar-refractivity contribution in [1.29, 1.82) is 0 Å². The number of hydrogen-bond acceptors (Lipinski definition) is 3. The summed E-state index contributed by atoms with van der Waals surface area (Å²) in [5.41, 5.74) is 1.22. The Hall–Kier alpha value is -1.88. The van der Waals surface area contributed by atoms with E-state index in [1.165, 1.54) is 12.0 Å². The van der Waals surface area contributed by atoms with Crippen LogP contribution in [0.15, 0.2) is 24.3 Å². The maximum absolute atomic E-state index is 11.7. The maximum Gasteiger partial charge on any atom is 0.253 e. The molecule has 1 rings (SSSR count). The van der Waals surface area contributed by atoms with Crippen LogP contribution in [0.2, 0.25) is 0 Å². The van der Waals surface area contributed by atoms with Crippen LogP contribution in [-0.2, 0) is 9.53 Å². The molecule has 1 aromatic rings. The SMILES string of the molecule is COC(C)C(=O)Nc1ccc(C(=O)N(C)C)cc1. The molecule has 0 bridgehead atoms. The van der Waals surface area contributed by atoms with E-state index in [4.69, 9.17) is 4.74 Å². The Labute approximate surface area is 107 Å². The predicted octanol–water partition coefficient (Wildman–Crippen LogP) is 1.36. The minimum Gasteiger partial charge on any atom is -0.372 e. The highest BCUT2D eigenvalue weighted by Crippen LogP contribution is 2.11. The van der Waals surface area contributed by atoms with Gasteiger partial charge in [-0.1, -0.05) is 0 Å². The number of methoxy groups -OCH3 is 1. The summed E-state index contributed by atoms with van der Waals surface area (Å²) < 4.78 is 4.90. The van der Waals surface area contributed by atoms with Gasteiger partial charge in [-0.15, -0.1) is 0 Å². The minimum absolute atomic E-state index is 0.0712. The van der Waals surface area contributed by atoms with Gasteiger partial charge in [0.15, 0.2) is 0 Å². The van der Waals surface area contributed by atoms with Gasteiger partial charge in [-0.05, 0) is 31.2 Å². The van der Waals surface area contributed by atoms with Crippen LogP contribution in [0.1, 0.15) is 17.3 Å². The monoisotopic (exact) mass is 250 g/mol. The minimum atomic E-state index is -0.506. The third-order valence-electron chi connectivity index (χ3n) is 2.53. The molecule has 0 saturated carbocycles.